The average Bonchev–Trinajstić information content (AvgIpc) is 2.46. The van der Waals surface area contributed by atoms with Gasteiger partial charge in [0.1, 0.15) is 17.2 Å². The molecule has 0 aliphatic rings. The van der Waals surface area contributed by atoms with Gasteiger partial charge in [0.2, 0.25) is 0 Å². The maximum Gasteiger partial charge on any atom is 0.130 e. The fourth-order valence-electron chi connectivity index (χ4n) is 1.85. The molecule has 0 saturated heterocycles. The second-order valence-electron chi connectivity index (χ2n) is 3.68. The summed E-state index contributed by atoms with van der Waals surface area (Å²) in [5.74, 6) is 1.38. The standard InChI is InChI=1S/C14H13NO3/c1-17-12-7-4-8-13(18-2)14(12)10-5-3-6-11(9-10)15-16/h3-9H,1-2H3. The van der Waals surface area contributed by atoms with Crippen LogP contribution in [-0.2, 0) is 0 Å². The molecule has 0 radical (unpaired) electrons. The molecule has 92 valence electrons. The molecule has 2 rings (SSSR count). The number of methoxy groups -OCH3 is 2. The molecule has 0 saturated carbocycles. The van der Waals surface area contributed by atoms with Crippen molar-refractivity contribution in [2.24, 2.45) is 5.18 Å². The molecule has 18 heavy (non-hydrogen) atoms. The van der Waals surface area contributed by atoms with E-state index in [1.54, 1.807) is 32.4 Å². The second kappa shape index (κ2) is 5.31. The van der Waals surface area contributed by atoms with Crippen molar-refractivity contribution >= 4 is 5.69 Å². The molecule has 0 aliphatic carbocycles. The summed E-state index contributed by atoms with van der Waals surface area (Å²) in [5, 5.41) is 2.94. The van der Waals surface area contributed by atoms with Crippen LogP contribution in [0.4, 0.5) is 5.69 Å². The first-order valence-electron chi connectivity index (χ1n) is 5.45. The first kappa shape index (κ1) is 12.1. The van der Waals surface area contributed by atoms with Crippen LogP contribution in [0.3, 0.4) is 0 Å². The molecule has 0 aliphatic heterocycles. The van der Waals surface area contributed by atoms with Crippen LogP contribution in [0.5, 0.6) is 11.5 Å². The van der Waals surface area contributed by atoms with Gasteiger partial charge in [0, 0.05) is 0 Å². The van der Waals surface area contributed by atoms with E-state index in [4.69, 9.17) is 9.47 Å². The van der Waals surface area contributed by atoms with Crippen LogP contribution in [0.1, 0.15) is 0 Å². The maximum absolute atomic E-state index is 10.6. The molecule has 0 atom stereocenters. The topological polar surface area (TPSA) is 47.9 Å². The van der Waals surface area contributed by atoms with Gasteiger partial charge in [-0.15, -0.1) is 4.91 Å². The van der Waals surface area contributed by atoms with Gasteiger partial charge in [0.25, 0.3) is 0 Å². The summed E-state index contributed by atoms with van der Waals surface area (Å²) in [4.78, 5) is 10.6. The molecule has 4 nitrogen and oxygen atoms in total. The molecule has 2 aromatic rings. The lowest BCUT2D eigenvalue weighted by Crippen LogP contribution is -1.92. The molecule has 0 amide bonds. The number of hydrogen-bond donors (Lipinski definition) is 0. The fraction of sp³-hybridized carbons (Fsp3) is 0.143. The van der Waals surface area contributed by atoms with E-state index >= 15 is 0 Å². The SMILES string of the molecule is COc1cccc(OC)c1-c1cccc(N=O)c1. The van der Waals surface area contributed by atoms with Crippen molar-refractivity contribution in [2.45, 2.75) is 0 Å². The van der Waals surface area contributed by atoms with Gasteiger partial charge < -0.3 is 9.47 Å². The zero-order valence-electron chi connectivity index (χ0n) is 10.2. The van der Waals surface area contributed by atoms with Crippen molar-refractivity contribution < 1.29 is 9.47 Å². The van der Waals surface area contributed by atoms with Crippen LogP contribution in [0.25, 0.3) is 11.1 Å². The number of nitrogens with zero attached hydrogens (tertiary/aromatic N) is 1. The van der Waals surface area contributed by atoms with E-state index in [1.165, 1.54) is 0 Å². The third-order valence-electron chi connectivity index (χ3n) is 2.67. The Morgan fingerprint density at radius 2 is 1.56 bits per heavy atom. The predicted molar refractivity (Wildman–Crippen MR) is 70.4 cm³/mol. The van der Waals surface area contributed by atoms with Gasteiger partial charge >= 0.3 is 0 Å². The van der Waals surface area contributed by atoms with Gasteiger partial charge in [-0.25, -0.2) is 0 Å². The molecule has 0 unspecified atom stereocenters. The zero-order chi connectivity index (χ0) is 13.0. The van der Waals surface area contributed by atoms with Gasteiger partial charge in [0.15, 0.2) is 0 Å². The monoisotopic (exact) mass is 243 g/mol. The van der Waals surface area contributed by atoms with Gasteiger partial charge in [0.05, 0.1) is 19.8 Å². The van der Waals surface area contributed by atoms with Crippen LogP contribution < -0.4 is 9.47 Å². The Kier molecular flexibility index (Phi) is 3.57. The van der Waals surface area contributed by atoms with Gasteiger partial charge in [-0.3, -0.25) is 0 Å². The predicted octanol–water partition coefficient (Wildman–Crippen LogP) is 3.77. The Labute approximate surface area is 105 Å². The van der Waals surface area contributed by atoms with E-state index in [0.29, 0.717) is 17.2 Å². The molecular formula is C14H13NO3. The van der Waals surface area contributed by atoms with Crippen molar-refractivity contribution in [2.75, 3.05) is 14.2 Å². The Morgan fingerprint density at radius 3 is 2.11 bits per heavy atom. The zero-order valence-corrected chi connectivity index (χ0v) is 10.2. The minimum absolute atomic E-state index is 0.375. The quantitative estimate of drug-likeness (QED) is 0.768. The summed E-state index contributed by atoms with van der Waals surface area (Å²) in [7, 11) is 3.19. The molecular weight excluding hydrogens is 230 g/mol. The fourth-order valence-corrected chi connectivity index (χ4v) is 1.85. The van der Waals surface area contributed by atoms with Crippen LogP contribution in [-0.4, -0.2) is 14.2 Å². The highest BCUT2D eigenvalue weighted by Crippen LogP contribution is 2.39. The van der Waals surface area contributed by atoms with Crippen molar-refractivity contribution in [3.63, 3.8) is 0 Å². The molecule has 0 bridgehead atoms. The lowest BCUT2D eigenvalue weighted by Gasteiger charge is -2.13. The van der Waals surface area contributed by atoms with Crippen molar-refractivity contribution in [1.29, 1.82) is 0 Å². The molecule has 4 heteroatoms. The first-order chi connectivity index (χ1) is 8.80. The van der Waals surface area contributed by atoms with Gasteiger partial charge in [-0.1, -0.05) is 18.2 Å². The summed E-state index contributed by atoms with van der Waals surface area (Å²) < 4.78 is 10.7. The van der Waals surface area contributed by atoms with Crippen molar-refractivity contribution in [3.8, 4) is 22.6 Å². The second-order valence-corrected chi connectivity index (χ2v) is 3.68. The summed E-state index contributed by atoms with van der Waals surface area (Å²) in [6.07, 6.45) is 0. The lowest BCUT2D eigenvalue weighted by atomic mass is 10.0. The Morgan fingerprint density at radius 1 is 0.944 bits per heavy atom. The summed E-state index contributed by atoms with van der Waals surface area (Å²) in [6.45, 7) is 0. The minimum atomic E-state index is 0.375. The van der Waals surface area contributed by atoms with E-state index in [-0.39, 0.29) is 0 Å². The number of rotatable bonds is 4. The van der Waals surface area contributed by atoms with E-state index in [1.807, 2.05) is 24.3 Å². The smallest absolute Gasteiger partial charge is 0.130 e. The van der Waals surface area contributed by atoms with Crippen molar-refractivity contribution in [1.82, 2.24) is 0 Å². The van der Waals surface area contributed by atoms with E-state index in [2.05, 4.69) is 5.18 Å². The van der Waals surface area contributed by atoms with Gasteiger partial charge in [-0.05, 0) is 35.0 Å². The molecule has 0 heterocycles. The average molecular weight is 243 g/mol. The summed E-state index contributed by atoms with van der Waals surface area (Å²) in [5.41, 5.74) is 2.02. The first-order valence-corrected chi connectivity index (χ1v) is 5.45. The minimum Gasteiger partial charge on any atom is -0.496 e. The molecule has 0 aromatic heterocycles. The molecule has 2 aromatic carbocycles. The largest absolute Gasteiger partial charge is 0.496 e. The van der Waals surface area contributed by atoms with Gasteiger partial charge in [-0.2, -0.15) is 0 Å². The number of ether oxygens (including phenoxy) is 2. The highest BCUT2D eigenvalue weighted by molar-refractivity contribution is 5.78. The Hall–Kier alpha value is -2.36. The number of hydrogen-bond acceptors (Lipinski definition) is 4. The number of benzene rings is 2. The van der Waals surface area contributed by atoms with Crippen LogP contribution in [0, 0.1) is 4.91 Å². The van der Waals surface area contributed by atoms with Crippen molar-refractivity contribution in [3.05, 3.63) is 47.4 Å². The highest BCUT2D eigenvalue weighted by Gasteiger charge is 2.12. The summed E-state index contributed by atoms with van der Waals surface area (Å²) in [6, 6.07) is 12.6. The van der Waals surface area contributed by atoms with Crippen LogP contribution in [0.2, 0.25) is 0 Å². The van der Waals surface area contributed by atoms with E-state index in [9.17, 15) is 4.91 Å². The third kappa shape index (κ3) is 2.18. The Balaban J connectivity index is 2.64. The lowest BCUT2D eigenvalue weighted by molar-refractivity contribution is 0.397. The highest BCUT2D eigenvalue weighted by atomic mass is 16.5. The maximum atomic E-state index is 10.6. The Bertz CT molecular complexity index is 544. The van der Waals surface area contributed by atoms with E-state index < -0.39 is 0 Å². The molecule has 0 fully saturated rings. The third-order valence-corrected chi connectivity index (χ3v) is 2.67. The van der Waals surface area contributed by atoms with Crippen LogP contribution >= 0.6 is 0 Å². The van der Waals surface area contributed by atoms with Crippen LogP contribution in [0.15, 0.2) is 47.6 Å². The molecule has 0 N–H and O–H groups in total. The normalized spacial score (nSPS) is 9.89. The number of nitroso groups, excluding NO2 is 1. The van der Waals surface area contributed by atoms with E-state index in [0.717, 1.165) is 11.1 Å². The molecule has 0 spiro atoms. The summed E-state index contributed by atoms with van der Waals surface area (Å²) >= 11 is 0.